The smallest absolute Gasteiger partial charge is 0.123 e. The maximum absolute atomic E-state index is 6.27. The minimum Gasteiger partial charge on any atom is -0.496 e. The lowest BCUT2D eigenvalue weighted by Gasteiger charge is -2.20. The predicted octanol–water partition coefficient (Wildman–Crippen LogP) is 4.20. The van der Waals surface area contributed by atoms with Gasteiger partial charge in [-0.2, -0.15) is 0 Å². The average Bonchev–Trinajstić information content (AvgIpc) is 2.31. The fourth-order valence-electron chi connectivity index (χ4n) is 1.86. The Hall–Kier alpha value is -0.540. The third-order valence-corrected chi connectivity index (χ3v) is 4.12. The second kappa shape index (κ2) is 6.41. The molecule has 0 fully saturated rings. The normalized spacial score (nSPS) is 14.5. The van der Waals surface area contributed by atoms with Gasteiger partial charge in [-0.3, -0.25) is 0 Å². The van der Waals surface area contributed by atoms with Crippen LogP contribution >= 0.6 is 15.9 Å². The highest BCUT2D eigenvalue weighted by molar-refractivity contribution is 9.10. The summed E-state index contributed by atoms with van der Waals surface area (Å²) in [7, 11) is 1.70. The highest BCUT2D eigenvalue weighted by atomic mass is 79.9. The van der Waals surface area contributed by atoms with E-state index in [1.807, 2.05) is 6.07 Å². The maximum Gasteiger partial charge on any atom is 0.123 e. The predicted molar refractivity (Wildman–Crippen MR) is 76.4 cm³/mol. The summed E-state index contributed by atoms with van der Waals surface area (Å²) in [6.45, 7) is 6.48. The van der Waals surface area contributed by atoms with E-state index in [1.165, 1.54) is 5.56 Å². The van der Waals surface area contributed by atoms with Gasteiger partial charge in [0.05, 0.1) is 7.11 Å². The van der Waals surface area contributed by atoms with Crippen LogP contribution in [0.3, 0.4) is 0 Å². The molecule has 0 heterocycles. The van der Waals surface area contributed by atoms with Crippen LogP contribution in [0.5, 0.6) is 5.75 Å². The van der Waals surface area contributed by atoms with E-state index in [1.54, 1.807) is 7.11 Å². The fourth-order valence-corrected chi connectivity index (χ4v) is 2.23. The van der Waals surface area contributed by atoms with E-state index in [2.05, 4.69) is 42.8 Å². The van der Waals surface area contributed by atoms with Crippen LogP contribution in [0, 0.1) is 12.8 Å². The molecule has 2 atom stereocenters. The molecule has 0 aromatic heterocycles. The second-order valence-corrected chi connectivity index (χ2v) is 5.55. The zero-order chi connectivity index (χ0) is 13.0. The molecule has 2 N–H and O–H groups in total. The molecule has 0 radical (unpaired) electrons. The summed E-state index contributed by atoms with van der Waals surface area (Å²) in [5.74, 6) is 1.52. The van der Waals surface area contributed by atoms with Crippen molar-refractivity contribution in [2.24, 2.45) is 11.7 Å². The first kappa shape index (κ1) is 14.5. The molecule has 1 rings (SSSR count). The summed E-state index contributed by atoms with van der Waals surface area (Å²) < 4.78 is 6.51. The minimum absolute atomic E-state index is 0.0387. The second-order valence-electron chi connectivity index (χ2n) is 4.70. The molecule has 3 heteroatoms. The van der Waals surface area contributed by atoms with Gasteiger partial charge in [0, 0.05) is 16.1 Å². The Morgan fingerprint density at radius 3 is 2.59 bits per heavy atom. The number of nitrogens with two attached hydrogens (primary N) is 1. The number of halogens is 1. The number of hydrogen-bond acceptors (Lipinski definition) is 2. The maximum atomic E-state index is 6.27. The van der Waals surface area contributed by atoms with Crippen molar-refractivity contribution < 1.29 is 4.74 Å². The number of rotatable bonds is 5. The van der Waals surface area contributed by atoms with E-state index in [-0.39, 0.29) is 6.04 Å². The molecule has 0 aliphatic heterocycles. The fraction of sp³-hybridized carbons (Fsp3) is 0.571. The van der Waals surface area contributed by atoms with Crippen molar-refractivity contribution in [1.29, 1.82) is 0 Å². The summed E-state index contributed by atoms with van der Waals surface area (Å²) in [6.07, 6.45) is 2.14. The van der Waals surface area contributed by atoms with Crippen molar-refractivity contribution in [3.63, 3.8) is 0 Å². The van der Waals surface area contributed by atoms with Gasteiger partial charge in [-0.25, -0.2) is 0 Å². The van der Waals surface area contributed by atoms with Crippen LogP contribution < -0.4 is 10.5 Å². The first-order chi connectivity index (χ1) is 7.99. The SMILES string of the molecule is CCC(C)CC(N)c1cc(Br)c(C)cc1OC. The van der Waals surface area contributed by atoms with Crippen LogP contribution in [0.1, 0.15) is 43.9 Å². The van der Waals surface area contributed by atoms with Crippen LogP contribution in [0.25, 0.3) is 0 Å². The Balaban J connectivity index is 2.99. The number of ether oxygens (including phenoxy) is 1. The molecule has 2 nitrogen and oxygen atoms in total. The van der Waals surface area contributed by atoms with Gasteiger partial charge in [0.15, 0.2) is 0 Å². The molecule has 0 bridgehead atoms. The molecule has 1 aromatic rings. The van der Waals surface area contributed by atoms with Crippen molar-refractivity contribution in [3.05, 3.63) is 27.7 Å². The Morgan fingerprint density at radius 1 is 1.41 bits per heavy atom. The first-order valence-corrected chi connectivity index (χ1v) is 6.88. The van der Waals surface area contributed by atoms with Crippen LogP contribution in [-0.4, -0.2) is 7.11 Å². The van der Waals surface area contributed by atoms with E-state index in [9.17, 15) is 0 Å². The molecular weight excluding hydrogens is 278 g/mol. The summed E-state index contributed by atoms with van der Waals surface area (Å²) in [5.41, 5.74) is 8.52. The van der Waals surface area contributed by atoms with Crippen LogP contribution in [0.2, 0.25) is 0 Å². The molecule has 0 spiro atoms. The number of methoxy groups -OCH3 is 1. The Labute approximate surface area is 113 Å². The van der Waals surface area contributed by atoms with Crippen molar-refractivity contribution in [1.82, 2.24) is 0 Å². The van der Waals surface area contributed by atoms with E-state index in [0.717, 1.165) is 28.6 Å². The van der Waals surface area contributed by atoms with Crippen LogP contribution in [0.4, 0.5) is 0 Å². The van der Waals surface area contributed by atoms with Gasteiger partial charge in [-0.1, -0.05) is 36.2 Å². The van der Waals surface area contributed by atoms with Gasteiger partial charge in [-0.15, -0.1) is 0 Å². The van der Waals surface area contributed by atoms with Gasteiger partial charge >= 0.3 is 0 Å². The van der Waals surface area contributed by atoms with Gasteiger partial charge < -0.3 is 10.5 Å². The molecule has 0 saturated carbocycles. The molecule has 0 amide bonds. The van der Waals surface area contributed by atoms with Crippen molar-refractivity contribution >= 4 is 15.9 Å². The third-order valence-electron chi connectivity index (χ3n) is 3.26. The van der Waals surface area contributed by atoms with Gasteiger partial charge in [0.1, 0.15) is 5.75 Å². The lowest BCUT2D eigenvalue weighted by Crippen LogP contribution is -2.15. The molecule has 0 aliphatic rings. The summed E-state index contributed by atoms with van der Waals surface area (Å²) in [6, 6.07) is 4.16. The van der Waals surface area contributed by atoms with Crippen LogP contribution in [-0.2, 0) is 0 Å². The monoisotopic (exact) mass is 299 g/mol. The zero-order valence-electron chi connectivity index (χ0n) is 11.1. The number of hydrogen-bond donors (Lipinski definition) is 1. The molecule has 17 heavy (non-hydrogen) atoms. The summed E-state index contributed by atoms with van der Waals surface area (Å²) in [5, 5.41) is 0. The molecule has 1 aromatic carbocycles. The van der Waals surface area contributed by atoms with E-state index in [0.29, 0.717) is 5.92 Å². The van der Waals surface area contributed by atoms with Gasteiger partial charge in [0.25, 0.3) is 0 Å². The Morgan fingerprint density at radius 2 is 2.06 bits per heavy atom. The first-order valence-electron chi connectivity index (χ1n) is 6.09. The lowest BCUT2D eigenvalue weighted by atomic mass is 9.94. The quantitative estimate of drug-likeness (QED) is 0.884. The van der Waals surface area contributed by atoms with E-state index in [4.69, 9.17) is 10.5 Å². The van der Waals surface area contributed by atoms with Crippen molar-refractivity contribution in [3.8, 4) is 5.75 Å². The molecule has 96 valence electrons. The lowest BCUT2D eigenvalue weighted by molar-refractivity contribution is 0.394. The number of benzene rings is 1. The van der Waals surface area contributed by atoms with E-state index >= 15 is 0 Å². The molecule has 0 aliphatic carbocycles. The number of aryl methyl sites for hydroxylation is 1. The average molecular weight is 300 g/mol. The van der Waals surface area contributed by atoms with Gasteiger partial charge in [0.2, 0.25) is 0 Å². The summed E-state index contributed by atoms with van der Waals surface area (Å²) in [4.78, 5) is 0. The van der Waals surface area contributed by atoms with Crippen molar-refractivity contribution in [2.45, 2.75) is 39.7 Å². The standard InChI is InChI=1S/C14H22BrNO/c1-5-9(2)6-13(16)11-8-12(15)10(3)7-14(11)17-4/h7-9,13H,5-6,16H2,1-4H3. The minimum atomic E-state index is 0.0387. The highest BCUT2D eigenvalue weighted by Crippen LogP contribution is 2.33. The van der Waals surface area contributed by atoms with Crippen LogP contribution in [0.15, 0.2) is 16.6 Å². The highest BCUT2D eigenvalue weighted by Gasteiger charge is 2.16. The van der Waals surface area contributed by atoms with E-state index < -0.39 is 0 Å². The topological polar surface area (TPSA) is 35.2 Å². The largest absolute Gasteiger partial charge is 0.496 e. The Kier molecular flexibility index (Phi) is 5.47. The zero-order valence-corrected chi connectivity index (χ0v) is 12.7. The molecular formula is C14H22BrNO. The third kappa shape index (κ3) is 3.71. The Bertz CT molecular complexity index is 379. The van der Waals surface area contributed by atoms with Gasteiger partial charge in [-0.05, 0) is 37.0 Å². The summed E-state index contributed by atoms with van der Waals surface area (Å²) >= 11 is 3.55. The molecule has 0 saturated heterocycles. The van der Waals surface area contributed by atoms with Crippen molar-refractivity contribution in [2.75, 3.05) is 7.11 Å². The molecule has 2 unspecified atom stereocenters.